The molecule has 1 N–H and O–H groups in total. The molecule has 0 aliphatic carbocycles. The molecule has 0 aliphatic heterocycles. The fourth-order valence-electron chi connectivity index (χ4n) is 2.31. The van der Waals surface area contributed by atoms with Crippen molar-refractivity contribution >= 4 is 33.1 Å². The summed E-state index contributed by atoms with van der Waals surface area (Å²) in [5, 5.41) is 0. The van der Waals surface area contributed by atoms with Gasteiger partial charge in [0, 0.05) is 10.4 Å². The molecule has 1 heterocycles. The van der Waals surface area contributed by atoms with E-state index >= 15 is 0 Å². The van der Waals surface area contributed by atoms with Gasteiger partial charge in [0.2, 0.25) is 15.8 Å². The Kier molecular flexibility index (Phi) is 6.24. The van der Waals surface area contributed by atoms with E-state index < -0.39 is 28.1 Å². The molecule has 0 bridgehead atoms. The molecule has 0 unspecified atom stereocenters. The first kappa shape index (κ1) is 21.3. The highest BCUT2D eigenvalue weighted by molar-refractivity contribution is 7.89. The number of benzene rings is 1. The number of aryl methyl sites for hydroxylation is 2. The second-order valence-corrected chi connectivity index (χ2v) is 10.2. The lowest BCUT2D eigenvalue weighted by molar-refractivity contribution is 0.0475. The first-order chi connectivity index (χ1) is 12.4. The largest absolute Gasteiger partial charge is 0.454 e. The van der Waals surface area contributed by atoms with Crippen LogP contribution in [0.1, 0.15) is 51.2 Å². The van der Waals surface area contributed by atoms with Crippen LogP contribution in [0.5, 0.6) is 0 Å². The van der Waals surface area contributed by atoms with Gasteiger partial charge in [-0.2, -0.15) is 0 Å². The Morgan fingerprint density at radius 3 is 2.33 bits per heavy atom. The van der Waals surface area contributed by atoms with Gasteiger partial charge >= 0.3 is 5.97 Å². The number of sulfonamides is 1. The Morgan fingerprint density at radius 2 is 1.78 bits per heavy atom. The van der Waals surface area contributed by atoms with Crippen molar-refractivity contribution in [3.05, 3.63) is 51.2 Å². The van der Waals surface area contributed by atoms with Crippen LogP contribution in [0.25, 0.3) is 0 Å². The van der Waals surface area contributed by atoms with Gasteiger partial charge in [0.15, 0.2) is 6.61 Å². The van der Waals surface area contributed by atoms with Crippen LogP contribution in [0.4, 0.5) is 0 Å². The first-order valence-electron chi connectivity index (χ1n) is 8.30. The number of ether oxygens (including phenoxy) is 1. The van der Waals surface area contributed by atoms with Crippen LogP contribution in [0, 0.1) is 13.8 Å². The molecule has 0 radical (unpaired) electrons. The molecule has 0 atom stereocenters. The Labute approximate surface area is 163 Å². The van der Waals surface area contributed by atoms with E-state index in [0.29, 0.717) is 10.4 Å². The lowest BCUT2D eigenvalue weighted by Crippen LogP contribution is -2.40. The van der Waals surface area contributed by atoms with Crippen molar-refractivity contribution in [2.75, 3.05) is 6.61 Å². The Balaban J connectivity index is 2.17. The van der Waals surface area contributed by atoms with Crippen molar-refractivity contribution in [2.45, 2.75) is 45.1 Å². The number of esters is 1. The van der Waals surface area contributed by atoms with Crippen LogP contribution >= 0.6 is 11.3 Å². The maximum Gasteiger partial charge on any atom is 0.338 e. The molecule has 8 heteroatoms. The van der Waals surface area contributed by atoms with Crippen LogP contribution in [0.2, 0.25) is 0 Å². The normalized spacial score (nSPS) is 12.0. The summed E-state index contributed by atoms with van der Waals surface area (Å²) in [5.74, 6) is -1.03. The van der Waals surface area contributed by atoms with Crippen LogP contribution < -0.4 is 4.72 Å². The van der Waals surface area contributed by atoms with E-state index in [0.717, 1.165) is 4.88 Å². The standard InChI is InChI=1S/C19H23NO5S2/c1-12-6-8-14(27(23,24)20-19(3,4)5)10-15(12)18(22)25-11-16(21)17-9-7-13(2)26-17/h6-10,20H,11H2,1-5H3. The SMILES string of the molecule is Cc1ccc(C(=O)COC(=O)c2cc(S(=O)(=O)NC(C)(C)C)ccc2C)s1. The molecule has 1 aromatic carbocycles. The van der Waals surface area contributed by atoms with E-state index in [1.54, 1.807) is 33.8 Å². The highest BCUT2D eigenvalue weighted by Gasteiger charge is 2.24. The molecule has 2 aromatic rings. The van der Waals surface area contributed by atoms with Crippen molar-refractivity contribution < 1.29 is 22.7 Å². The molecule has 0 aliphatic rings. The van der Waals surface area contributed by atoms with Gasteiger partial charge in [0.1, 0.15) is 0 Å². The van der Waals surface area contributed by atoms with E-state index in [4.69, 9.17) is 4.74 Å². The van der Waals surface area contributed by atoms with Crippen LogP contribution in [0.3, 0.4) is 0 Å². The van der Waals surface area contributed by atoms with Crippen molar-refractivity contribution in [1.29, 1.82) is 0 Å². The quantitative estimate of drug-likeness (QED) is 0.583. The molecule has 1 aromatic heterocycles. The molecule has 0 saturated heterocycles. The highest BCUT2D eigenvalue weighted by Crippen LogP contribution is 2.19. The minimum atomic E-state index is -3.79. The third-order valence-corrected chi connectivity index (χ3v) is 6.33. The van der Waals surface area contributed by atoms with E-state index in [-0.39, 0.29) is 16.2 Å². The minimum absolute atomic E-state index is 0.0322. The third-order valence-electron chi connectivity index (χ3n) is 3.53. The molecule has 2 rings (SSSR count). The Bertz CT molecular complexity index is 968. The van der Waals surface area contributed by atoms with Crippen molar-refractivity contribution in [1.82, 2.24) is 4.72 Å². The molecule has 27 heavy (non-hydrogen) atoms. The van der Waals surface area contributed by atoms with E-state index in [2.05, 4.69) is 4.72 Å². The molecule has 6 nitrogen and oxygen atoms in total. The molecular weight excluding hydrogens is 386 g/mol. The van der Waals surface area contributed by atoms with Gasteiger partial charge < -0.3 is 4.74 Å². The number of hydrogen-bond acceptors (Lipinski definition) is 6. The molecule has 146 valence electrons. The van der Waals surface area contributed by atoms with Gasteiger partial charge in [-0.05, 0) is 64.4 Å². The Morgan fingerprint density at radius 1 is 1.11 bits per heavy atom. The number of carbonyl (C=O) groups is 2. The van der Waals surface area contributed by atoms with Gasteiger partial charge in [0.05, 0.1) is 15.3 Å². The predicted molar refractivity (Wildman–Crippen MR) is 105 cm³/mol. The zero-order valence-electron chi connectivity index (χ0n) is 16.0. The third kappa shape index (κ3) is 5.72. The van der Waals surface area contributed by atoms with Crippen molar-refractivity contribution in [3.8, 4) is 0 Å². The van der Waals surface area contributed by atoms with Gasteiger partial charge in [-0.15, -0.1) is 11.3 Å². The summed E-state index contributed by atoms with van der Waals surface area (Å²) >= 11 is 1.33. The second-order valence-electron chi connectivity index (χ2n) is 7.24. The summed E-state index contributed by atoms with van der Waals surface area (Å²) in [7, 11) is -3.79. The molecule has 0 amide bonds. The summed E-state index contributed by atoms with van der Waals surface area (Å²) in [6.45, 7) is 8.35. The summed E-state index contributed by atoms with van der Waals surface area (Å²) in [6, 6.07) is 7.75. The summed E-state index contributed by atoms with van der Waals surface area (Å²) in [5.41, 5.74) is 0.0198. The minimum Gasteiger partial charge on any atom is -0.454 e. The van der Waals surface area contributed by atoms with E-state index in [1.807, 2.05) is 13.0 Å². The number of carbonyl (C=O) groups excluding carboxylic acids is 2. The van der Waals surface area contributed by atoms with Crippen LogP contribution in [-0.4, -0.2) is 32.3 Å². The monoisotopic (exact) mass is 409 g/mol. The van der Waals surface area contributed by atoms with Gasteiger partial charge in [0.25, 0.3) is 0 Å². The number of Topliss-reactive ketones (excluding diaryl/α,β-unsaturated/α-hetero) is 1. The number of nitrogens with one attached hydrogen (secondary N) is 1. The fraction of sp³-hybridized carbons (Fsp3) is 0.368. The zero-order valence-corrected chi connectivity index (χ0v) is 17.6. The smallest absolute Gasteiger partial charge is 0.338 e. The van der Waals surface area contributed by atoms with Crippen LogP contribution in [-0.2, 0) is 14.8 Å². The summed E-state index contributed by atoms with van der Waals surface area (Å²) < 4.78 is 32.6. The summed E-state index contributed by atoms with van der Waals surface area (Å²) in [4.78, 5) is 25.9. The zero-order chi connectivity index (χ0) is 20.4. The number of rotatable bonds is 6. The maximum atomic E-state index is 12.5. The number of thiophene rings is 1. The lowest BCUT2D eigenvalue weighted by Gasteiger charge is -2.20. The van der Waals surface area contributed by atoms with Crippen molar-refractivity contribution in [2.24, 2.45) is 0 Å². The van der Waals surface area contributed by atoms with E-state index in [9.17, 15) is 18.0 Å². The highest BCUT2D eigenvalue weighted by atomic mass is 32.2. The second kappa shape index (κ2) is 7.92. The van der Waals surface area contributed by atoms with Gasteiger partial charge in [-0.1, -0.05) is 6.07 Å². The van der Waals surface area contributed by atoms with Gasteiger partial charge in [-0.3, -0.25) is 4.79 Å². The number of ketones is 1. The first-order valence-corrected chi connectivity index (χ1v) is 10.6. The average Bonchev–Trinajstić information content (AvgIpc) is 2.96. The molecule has 0 saturated carbocycles. The lowest BCUT2D eigenvalue weighted by atomic mass is 10.1. The Hall–Kier alpha value is -2.03. The van der Waals surface area contributed by atoms with Crippen LogP contribution in [0.15, 0.2) is 35.2 Å². The number of hydrogen-bond donors (Lipinski definition) is 1. The van der Waals surface area contributed by atoms with Crippen molar-refractivity contribution in [3.63, 3.8) is 0 Å². The van der Waals surface area contributed by atoms with E-state index in [1.165, 1.54) is 29.5 Å². The summed E-state index contributed by atoms with van der Waals surface area (Å²) in [6.07, 6.45) is 0. The van der Waals surface area contributed by atoms with Gasteiger partial charge in [-0.25, -0.2) is 17.9 Å². The molecule has 0 spiro atoms. The molecular formula is C19H23NO5S2. The molecule has 0 fully saturated rings. The fourth-order valence-corrected chi connectivity index (χ4v) is 4.55. The topological polar surface area (TPSA) is 89.5 Å². The predicted octanol–water partition coefficient (Wildman–Crippen LogP) is 3.48. The average molecular weight is 410 g/mol. The maximum absolute atomic E-state index is 12.5.